The monoisotopic (exact) mass is 494 g/mol. The largest absolute Gasteiger partial charge is 0.379 e. The smallest absolute Gasteiger partial charge is 0.251 e. The molecule has 5 rings (SSSR count). The lowest BCUT2D eigenvalue weighted by atomic mass is 10.2. The minimum Gasteiger partial charge on any atom is -0.379 e. The number of aromatic nitrogens is 4. The average molecular weight is 495 g/mol. The van der Waals surface area contributed by atoms with E-state index in [2.05, 4.69) is 20.5 Å². The molecule has 0 atom stereocenters. The molecular weight excluding hydrogens is 468 g/mol. The van der Waals surface area contributed by atoms with Crippen molar-refractivity contribution >= 4 is 43.9 Å². The van der Waals surface area contributed by atoms with Crippen molar-refractivity contribution in [2.75, 3.05) is 31.6 Å². The number of morpholine rings is 1. The van der Waals surface area contributed by atoms with Crippen molar-refractivity contribution in [2.45, 2.75) is 25.3 Å². The van der Waals surface area contributed by atoms with Crippen LogP contribution in [0.1, 0.15) is 19.4 Å². The summed E-state index contributed by atoms with van der Waals surface area (Å²) in [6.45, 7) is 5.43. The number of fused-ring (bicyclic) bond motifs is 3. The third-order valence-corrected chi connectivity index (χ3v) is 7.88. The SMILES string of the molecule is CC(C)C(=O)Nc1nnc2c3cc(S(=O)(=O)N4CCOCC4)ccc3n(Cc3ccccc3)c2n1. The lowest BCUT2D eigenvalue weighted by molar-refractivity contribution is -0.118. The number of rotatable bonds is 6. The predicted octanol–water partition coefficient (Wildman–Crippen LogP) is 2.64. The van der Waals surface area contributed by atoms with Gasteiger partial charge in [-0.1, -0.05) is 44.2 Å². The molecule has 2 aromatic heterocycles. The van der Waals surface area contributed by atoms with E-state index in [-0.39, 0.29) is 22.7 Å². The van der Waals surface area contributed by atoms with E-state index in [1.54, 1.807) is 32.0 Å². The number of carbonyl (C=O) groups is 1. The zero-order valence-corrected chi connectivity index (χ0v) is 20.3. The standard InChI is InChI=1S/C24H26N6O4S/c1-16(2)23(31)26-24-25-22-21(27-28-24)19-14-18(35(32,33)29-10-12-34-13-11-29)8-9-20(19)30(22)15-17-6-4-3-5-7-17/h3-9,14,16H,10-13,15H2,1-2H3,(H,25,26,28,31). The number of amides is 1. The highest BCUT2D eigenvalue weighted by molar-refractivity contribution is 7.89. The van der Waals surface area contributed by atoms with Crippen molar-refractivity contribution in [3.63, 3.8) is 0 Å². The average Bonchev–Trinajstić information content (AvgIpc) is 3.17. The molecule has 1 aliphatic heterocycles. The number of hydrogen-bond donors (Lipinski definition) is 1. The fraction of sp³-hybridized carbons (Fsp3) is 0.333. The number of nitrogens with one attached hydrogen (secondary N) is 1. The van der Waals surface area contributed by atoms with Gasteiger partial charge in [0.15, 0.2) is 5.65 Å². The molecule has 3 heterocycles. The van der Waals surface area contributed by atoms with Crippen molar-refractivity contribution in [1.29, 1.82) is 0 Å². The van der Waals surface area contributed by atoms with Gasteiger partial charge in [-0.15, -0.1) is 10.2 Å². The molecule has 35 heavy (non-hydrogen) atoms. The molecule has 0 aliphatic carbocycles. The van der Waals surface area contributed by atoms with Crippen LogP contribution in [0, 0.1) is 5.92 Å². The second-order valence-corrected chi connectivity index (χ2v) is 10.7. The molecule has 2 aromatic carbocycles. The molecule has 0 radical (unpaired) electrons. The van der Waals surface area contributed by atoms with Gasteiger partial charge in [0, 0.05) is 30.9 Å². The second kappa shape index (κ2) is 9.33. The summed E-state index contributed by atoms with van der Waals surface area (Å²) >= 11 is 0. The summed E-state index contributed by atoms with van der Waals surface area (Å²) in [5.41, 5.74) is 2.80. The van der Waals surface area contributed by atoms with Gasteiger partial charge in [0.1, 0.15) is 5.52 Å². The van der Waals surface area contributed by atoms with Gasteiger partial charge in [-0.05, 0) is 23.8 Å². The Balaban J connectivity index is 1.65. The van der Waals surface area contributed by atoms with Crippen LogP contribution in [0.4, 0.5) is 5.95 Å². The molecule has 1 N–H and O–H groups in total. The third kappa shape index (κ3) is 4.49. The van der Waals surface area contributed by atoms with Crippen LogP contribution in [0.15, 0.2) is 53.4 Å². The summed E-state index contributed by atoms with van der Waals surface area (Å²) in [5, 5.41) is 11.8. The van der Waals surface area contributed by atoms with Crippen LogP contribution < -0.4 is 5.32 Å². The molecule has 0 spiro atoms. The van der Waals surface area contributed by atoms with Crippen molar-refractivity contribution < 1.29 is 17.9 Å². The van der Waals surface area contributed by atoms with Gasteiger partial charge in [0.2, 0.25) is 15.9 Å². The fourth-order valence-corrected chi connectivity index (χ4v) is 5.50. The highest BCUT2D eigenvalue weighted by atomic mass is 32.2. The molecule has 1 fully saturated rings. The third-order valence-electron chi connectivity index (χ3n) is 5.99. The summed E-state index contributed by atoms with van der Waals surface area (Å²) in [6.07, 6.45) is 0. The van der Waals surface area contributed by atoms with Gasteiger partial charge in [-0.2, -0.15) is 9.29 Å². The summed E-state index contributed by atoms with van der Waals surface area (Å²) in [7, 11) is -3.69. The van der Waals surface area contributed by atoms with Gasteiger partial charge in [-0.25, -0.2) is 8.42 Å². The lowest BCUT2D eigenvalue weighted by Crippen LogP contribution is -2.40. The van der Waals surface area contributed by atoms with Crippen LogP contribution in [0.3, 0.4) is 0 Å². The van der Waals surface area contributed by atoms with E-state index < -0.39 is 10.0 Å². The summed E-state index contributed by atoms with van der Waals surface area (Å²) in [6, 6.07) is 14.9. The van der Waals surface area contributed by atoms with E-state index >= 15 is 0 Å². The predicted molar refractivity (Wildman–Crippen MR) is 131 cm³/mol. The first kappa shape index (κ1) is 23.3. The molecule has 11 heteroatoms. The molecular formula is C24H26N6O4S. The number of ether oxygens (including phenoxy) is 1. The number of sulfonamides is 1. The Morgan fingerprint density at radius 2 is 1.83 bits per heavy atom. The van der Waals surface area contributed by atoms with Crippen molar-refractivity contribution in [3.05, 3.63) is 54.1 Å². The minimum absolute atomic E-state index is 0.106. The van der Waals surface area contributed by atoms with Crippen LogP contribution in [-0.4, -0.2) is 64.7 Å². The zero-order valence-electron chi connectivity index (χ0n) is 19.5. The molecule has 182 valence electrons. The van der Waals surface area contributed by atoms with E-state index in [1.807, 2.05) is 34.9 Å². The van der Waals surface area contributed by atoms with Gasteiger partial charge < -0.3 is 9.30 Å². The topological polar surface area (TPSA) is 119 Å². The minimum atomic E-state index is -3.69. The molecule has 1 aliphatic rings. The highest BCUT2D eigenvalue weighted by Gasteiger charge is 2.27. The van der Waals surface area contributed by atoms with E-state index in [0.717, 1.165) is 11.1 Å². The van der Waals surface area contributed by atoms with Crippen LogP contribution in [0.25, 0.3) is 22.1 Å². The summed E-state index contributed by atoms with van der Waals surface area (Å²) < 4.78 is 35.2. The first-order valence-electron chi connectivity index (χ1n) is 11.4. The van der Waals surface area contributed by atoms with Crippen molar-refractivity contribution in [1.82, 2.24) is 24.1 Å². The van der Waals surface area contributed by atoms with Gasteiger partial charge in [-0.3, -0.25) is 10.1 Å². The Kier molecular flexibility index (Phi) is 6.22. The van der Waals surface area contributed by atoms with E-state index in [9.17, 15) is 13.2 Å². The van der Waals surface area contributed by atoms with Crippen LogP contribution >= 0.6 is 0 Å². The molecule has 10 nitrogen and oxygen atoms in total. The Labute approximate surface area is 203 Å². The van der Waals surface area contributed by atoms with E-state index in [0.29, 0.717) is 49.4 Å². The number of hydrogen-bond acceptors (Lipinski definition) is 7. The van der Waals surface area contributed by atoms with Crippen molar-refractivity contribution in [2.24, 2.45) is 5.92 Å². The maximum Gasteiger partial charge on any atom is 0.251 e. The van der Waals surface area contributed by atoms with E-state index in [1.165, 1.54) is 4.31 Å². The summed E-state index contributed by atoms with van der Waals surface area (Å²) in [4.78, 5) is 17.0. The van der Waals surface area contributed by atoms with Gasteiger partial charge >= 0.3 is 0 Å². The molecule has 4 aromatic rings. The maximum atomic E-state index is 13.3. The number of anilines is 1. The lowest BCUT2D eigenvalue weighted by Gasteiger charge is -2.26. The molecule has 1 amide bonds. The van der Waals surface area contributed by atoms with Crippen LogP contribution in [0.5, 0.6) is 0 Å². The van der Waals surface area contributed by atoms with Crippen molar-refractivity contribution in [3.8, 4) is 0 Å². The molecule has 0 bridgehead atoms. The van der Waals surface area contributed by atoms with Gasteiger partial charge in [0.25, 0.3) is 5.95 Å². The first-order valence-corrected chi connectivity index (χ1v) is 12.9. The Hall–Kier alpha value is -3.41. The Morgan fingerprint density at radius 1 is 1.09 bits per heavy atom. The number of benzene rings is 2. The molecule has 1 saturated heterocycles. The zero-order chi connectivity index (χ0) is 24.6. The first-order chi connectivity index (χ1) is 16.8. The molecule has 0 saturated carbocycles. The highest BCUT2D eigenvalue weighted by Crippen LogP contribution is 2.31. The normalized spacial score (nSPS) is 15.2. The molecule has 0 unspecified atom stereocenters. The van der Waals surface area contributed by atoms with E-state index in [4.69, 9.17) is 4.74 Å². The number of nitrogens with zero attached hydrogens (tertiary/aromatic N) is 5. The Bertz CT molecular complexity index is 1500. The Morgan fingerprint density at radius 3 is 2.54 bits per heavy atom. The van der Waals surface area contributed by atoms with Crippen LogP contribution in [0.2, 0.25) is 0 Å². The maximum absolute atomic E-state index is 13.3. The summed E-state index contributed by atoms with van der Waals surface area (Å²) in [5.74, 6) is -0.345. The number of carbonyl (C=O) groups excluding carboxylic acids is 1. The second-order valence-electron chi connectivity index (χ2n) is 8.72. The quantitative estimate of drug-likeness (QED) is 0.438. The fourth-order valence-electron chi connectivity index (χ4n) is 4.06. The van der Waals surface area contributed by atoms with Gasteiger partial charge in [0.05, 0.1) is 23.6 Å². The van der Waals surface area contributed by atoms with Crippen LogP contribution in [-0.2, 0) is 26.1 Å².